The largest absolute Gasteiger partial charge is 0.324 e. The van der Waals surface area contributed by atoms with Gasteiger partial charge in [-0.15, -0.1) is 0 Å². The summed E-state index contributed by atoms with van der Waals surface area (Å²) in [5.41, 5.74) is 3.93. The summed E-state index contributed by atoms with van der Waals surface area (Å²) in [6, 6.07) is 12.5. The third-order valence-electron chi connectivity index (χ3n) is 3.94. The summed E-state index contributed by atoms with van der Waals surface area (Å²) in [6.07, 6.45) is 3.52. The third-order valence-corrected chi connectivity index (χ3v) is 5.30. The number of benzene rings is 2. The quantitative estimate of drug-likeness (QED) is 0.398. The summed E-state index contributed by atoms with van der Waals surface area (Å²) < 4.78 is 3.25. The van der Waals surface area contributed by atoms with Gasteiger partial charge in [-0.05, 0) is 79.4 Å². The molecule has 3 rings (SSSR count). The molecule has 1 N–H and O–H groups in total. The molecule has 6 heteroatoms. The van der Waals surface area contributed by atoms with Crippen molar-refractivity contribution in [3.8, 4) is 0 Å². The van der Waals surface area contributed by atoms with Crippen LogP contribution < -0.4 is 4.72 Å². The van der Waals surface area contributed by atoms with Crippen LogP contribution in [0, 0.1) is 13.8 Å². The number of pyridine rings is 1. The standard InChI is InChI=1S/C20H16Cl2N2OS/c1-12-7-8-23-11-19(12)24-26-15-4-6-17(18(22)10-15)20(25)16-5-3-14(21)9-13(16)2/h3-11,24H,1-2H3. The van der Waals surface area contributed by atoms with E-state index in [4.69, 9.17) is 23.2 Å². The van der Waals surface area contributed by atoms with Gasteiger partial charge in [-0.3, -0.25) is 9.78 Å². The molecule has 0 aliphatic rings. The Kier molecular flexibility index (Phi) is 5.87. The second-order valence-corrected chi connectivity index (χ2v) is 7.55. The zero-order valence-corrected chi connectivity index (χ0v) is 16.5. The van der Waals surface area contributed by atoms with Crippen LogP contribution >= 0.6 is 35.1 Å². The average molecular weight is 403 g/mol. The number of aryl methyl sites for hydroxylation is 2. The SMILES string of the molecule is Cc1ccncc1NSc1ccc(C(=O)c2ccc(Cl)cc2C)c(Cl)c1. The number of halogens is 2. The van der Waals surface area contributed by atoms with Crippen LogP contribution in [0.15, 0.2) is 59.8 Å². The van der Waals surface area contributed by atoms with Crippen LogP contribution in [0.3, 0.4) is 0 Å². The predicted molar refractivity (Wildman–Crippen MR) is 110 cm³/mol. The van der Waals surface area contributed by atoms with Gasteiger partial charge in [-0.1, -0.05) is 23.2 Å². The normalized spacial score (nSPS) is 10.6. The van der Waals surface area contributed by atoms with Crippen LogP contribution in [0.2, 0.25) is 10.0 Å². The zero-order valence-electron chi connectivity index (χ0n) is 14.2. The number of anilines is 1. The number of nitrogens with one attached hydrogen (secondary N) is 1. The molecule has 0 bridgehead atoms. The van der Waals surface area contributed by atoms with Gasteiger partial charge in [0.2, 0.25) is 0 Å². The molecule has 0 saturated heterocycles. The number of hydrogen-bond donors (Lipinski definition) is 1. The Hall–Kier alpha value is -2.01. The monoisotopic (exact) mass is 402 g/mol. The highest BCUT2D eigenvalue weighted by molar-refractivity contribution is 8.00. The van der Waals surface area contributed by atoms with Crippen molar-refractivity contribution in [3.05, 3.63) is 87.2 Å². The highest BCUT2D eigenvalue weighted by atomic mass is 35.5. The lowest BCUT2D eigenvalue weighted by Gasteiger charge is -2.10. The first kappa shape index (κ1) is 18.8. The summed E-state index contributed by atoms with van der Waals surface area (Å²) in [4.78, 5) is 17.8. The molecule has 1 aromatic heterocycles. The van der Waals surface area contributed by atoms with Gasteiger partial charge in [0, 0.05) is 27.2 Å². The molecule has 0 atom stereocenters. The zero-order chi connectivity index (χ0) is 18.7. The summed E-state index contributed by atoms with van der Waals surface area (Å²) in [5.74, 6) is -0.114. The molecule has 2 aromatic carbocycles. The fourth-order valence-corrected chi connectivity index (χ4v) is 3.77. The van der Waals surface area contributed by atoms with Gasteiger partial charge in [0.15, 0.2) is 5.78 Å². The average Bonchev–Trinajstić information content (AvgIpc) is 2.60. The van der Waals surface area contributed by atoms with E-state index < -0.39 is 0 Å². The first-order valence-corrected chi connectivity index (χ1v) is 9.47. The fourth-order valence-electron chi connectivity index (χ4n) is 2.46. The lowest BCUT2D eigenvalue weighted by Crippen LogP contribution is -2.04. The van der Waals surface area contributed by atoms with Crippen LogP contribution in [-0.2, 0) is 0 Å². The molecule has 132 valence electrons. The van der Waals surface area contributed by atoms with E-state index in [9.17, 15) is 4.79 Å². The van der Waals surface area contributed by atoms with E-state index >= 15 is 0 Å². The van der Waals surface area contributed by atoms with Crippen LogP contribution in [0.25, 0.3) is 0 Å². The minimum Gasteiger partial charge on any atom is -0.324 e. The predicted octanol–water partition coefficient (Wildman–Crippen LogP) is 6.36. The number of nitrogens with zero attached hydrogens (tertiary/aromatic N) is 1. The van der Waals surface area contributed by atoms with E-state index in [1.807, 2.05) is 26.0 Å². The summed E-state index contributed by atoms with van der Waals surface area (Å²) >= 11 is 13.8. The molecule has 0 aliphatic carbocycles. The molecule has 26 heavy (non-hydrogen) atoms. The van der Waals surface area contributed by atoms with Gasteiger partial charge in [-0.25, -0.2) is 0 Å². The Balaban J connectivity index is 1.79. The molecule has 0 amide bonds. The molecular formula is C20H16Cl2N2OS. The number of ketones is 1. The van der Waals surface area contributed by atoms with Crippen molar-refractivity contribution < 1.29 is 4.79 Å². The van der Waals surface area contributed by atoms with Crippen LogP contribution in [0.1, 0.15) is 27.0 Å². The lowest BCUT2D eigenvalue weighted by atomic mass is 9.99. The molecule has 3 aromatic rings. The molecule has 0 aliphatic heterocycles. The first-order valence-electron chi connectivity index (χ1n) is 7.89. The maximum Gasteiger partial charge on any atom is 0.194 e. The molecule has 0 radical (unpaired) electrons. The maximum absolute atomic E-state index is 12.8. The summed E-state index contributed by atoms with van der Waals surface area (Å²) in [5, 5.41) is 1.02. The number of carbonyl (C=O) groups excluding carboxylic acids is 1. The highest BCUT2D eigenvalue weighted by Gasteiger charge is 2.16. The Morgan fingerprint density at radius 1 is 1.00 bits per heavy atom. The Labute approximate surface area is 166 Å². The Bertz CT molecular complexity index is 976. The van der Waals surface area contributed by atoms with Crippen LogP contribution in [-0.4, -0.2) is 10.8 Å². The van der Waals surface area contributed by atoms with E-state index in [1.165, 1.54) is 11.9 Å². The van der Waals surface area contributed by atoms with Crippen LogP contribution in [0.5, 0.6) is 0 Å². The van der Waals surface area contributed by atoms with Crippen LogP contribution in [0.4, 0.5) is 5.69 Å². The number of hydrogen-bond acceptors (Lipinski definition) is 4. The van der Waals surface area contributed by atoms with Gasteiger partial charge in [0.1, 0.15) is 0 Å². The second kappa shape index (κ2) is 8.12. The van der Waals surface area contributed by atoms with E-state index in [-0.39, 0.29) is 5.78 Å². The number of carbonyl (C=O) groups is 1. The summed E-state index contributed by atoms with van der Waals surface area (Å²) in [6.45, 7) is 3.87. The van der Waals surface area contributed by atoms with Crippen molar-refractivity contribution in [1.82, 2.24) is 4.98 Å². The molecule has 0 fully saturated rings. The topological polar surface area (TPSA) is 42.0 Å². The first-order chi connectivity index (χ1) is 12.5. The molecular weight excluding hydrogens is 387 g/mol. The van der Waals surface area contributed by atoms with E-state index in [0.717, 1.165) is 21.7 Å². The molecule has 3 nitrogen and oxygen atoms in total. The van der Waals surface area contributed by atoms with Crippen molar-refractivity contribution in [1.29, 1.82) is 0 Å². The fraction of sp³-hybridized carbons (Fsp3) is 0.100. The van der Waals surface area contributed by atoms with Gasteiger partial charge in [0.25, 0.3) is 0 Å². The molecule has 0 unspecified atom stereocenters. The second-order valence-electron chi connectivity index (χ2n) is 5.82. The Morgan fingerprint density at radius 3 is 2.46 bits per heavy atom. The molecule has 1 heterocycles. The minimum atomic E-state index is -0.114. The molecule has 0 spiro atoms. The number of aromatic nitrogens is 1. The van der Waals surface area contributed by atoms with Gasteiger partial charge < -0.3 is 4.72 Å². The summed E-state index contributed by atoms with van der Waals surface area (Å²) in [7, 11) is 0. The smallest absolute Gasteiger partial charge is 0.194 e. The van der Waals surface area contributed by atoms with E-state index in [1.54, 1.807) is 42.7 Å². The minimum absolute atomic E-state index is 0.114. The van der Waals surface area contributed by atoms with Crippen molar-refractivity contribution in [2.24, 2.45) is 0 Å². The van der Waals surface area contributed by atoms with Gasteiger partial charge in [0.05, 0.1) is 16.9 Å². The van der Waals surface area contributed by atoms with E-state index in [0.29, 0.717) is 21.2 Å². The number of rotatable bonds is 5. The van der Waals surface area contributed by atoms with Crippen molar-refractivity contribution in [2.45, 2.75) is 18.7 Å². The maximum atomic E-state index is 12.8. The van der Waals surface area contributed by atoms with Gasteiger partial charge >= 0.3 is 0 Å². The van der Waals surface area contributed by atoms with E-state index in [2.05, 4.69) is 9.71 Å². The highest BCUT2D eigenvalue weighted by Crippen LogP contribution is 2.29. The third kappa shape index (κ3) is 4.21. The van der Waals surface area contributed by atoms with Crippen molar-refractivity contribution >= 4 is 46.6 Å². The van der Waals surface area contributed by atoms with Crippen molar-refractivity contribution in [3.63, 3.8) is 0 Å². The van der Waals surface area contributed by atoms with Crippen molar-refractivity contribution in [2.75, 3.05) is 4.72 Å². The van der Waals surface area contributed by atoms with Gasteiger partial charge in [-0.2, -0.15) is 0 Å². The Morgan fingerprint density at radius 2 is 1.77 bits per heavy atom. The molecule has 0 saturated carbocycles. The lowest BCUT2D eigenvalue weighted by molar-refractivity contribution is 0.103.